The summed E-state index contributed by atoms with van der Waals surface area (Å²) in [6, 6.07) is 8.17. The Kier molecular flexibility index (Phi) is 6.61. The largest absolute Gasteiger partial charge is 0.495 e. The summed E-state index contributed by atoms with van der Waals surface area (Å²) in [5.41, 5.74) is 1.17. The van der Waals surface area contributed by atoms with Crippen molar-refractivity contribution in [3.63, 3.8) is 0 Å². The normalized spacial score (nSPS) is 17.7. The van der Waals surface area contributed by atoms with Crippen LogP contribution in [-0.4, -0.2) is 45.8 Å². The van der Waals surface area contributed by atoms with Crippen LogP contribution in [0.15, 0.2) is 29.3 Å². The van der Waals surface area contributed by atoms with E-state index in [4.69, 9.17) is 11.2 Å². The molecule has 2 N–H and O–H groups in total. The molecule has 1 aliphatic heterocycles. The van der Waals surface area contributed by atoms with Crippen molar-refractivity contribution in [1.82, 2.24) is 10.6 Å². The highest BCUT2D eigenvalue weighted by Gasteiger charge is 2.24. The second-order valence-electron chi connectivity index (χ2n) is 5.55. The lowest BCUT2D eigenvalue weighted by Crippen LogP contribution is -2.37. The molecule has 0 amide bonds. The first kappa shape index (κ1) is 17.0. The summed E-state index contributed by atoms with van der Waals surface area (Å²) < 4.78 is 5.46. The van der Waals surface area contributed by atoms with E-state index in [9.17, 15) is 0 Å². The van der Waals surface area contributed by atoms with Gasteiger partial charge in [0.05, 0.1) is 19.3 Å². The molecule has 0 radical (unpaired) electrons. The second-order valence-corrected chi connectivity index (χ2v) is 5.55. The molecule has 1 aliphatic rings. The summed E-state index contributed by atoms with van der Waals surface area (Å²) in [7, 11) is 1.72. The molecule has 1 aromatic rings. The third-order valence-corrected chi connectivity index (χ3v) is 3.92. The first-order valence-corrected chi connectivity index (χ1v) is 8.12. The van der Waals surface area contributed by atoms with Crippen LogP contribution in [0.3, 0.4) is 0 Å². The number of rotatable bonds is 6. The number of para-hydroxylation sites is 2. The van der Waals surface area contributed by atoms with Crippen molar-refractivity contribution in [3.05, 3.63) is 24.3 Å². The molecular formula is C18H26N4O. The molecule has 124 valence electrons. The Morgan fingerprint density at radius 2 is 2.26 bits per heavy atom. The molecule has 1 atom stereocenters. The van der Waals surface area contributed by atoms with Gasteiger partial charge < -0.3 is 20.3 Å². The van der Waals surface area contributed by atoms with Crippen LogP contribution in [0, 0.1) is 18.3 Å². The number of nitrogens with zero attached hydrogens (tertiary/aromatic N) is 2. The number of hydrogen-bond donors (Lipinski definition) is 2. The zero-order chi connectivity index (χ0) is 16.5. The highest BCUT2D eigenvalue weighted by Crippen LogP contribution is 2.31. The van der Waals surface area contributed by atoms with Gasteiger partial charge in [-0.3, -0.25) is 4.99 Å². The van der Waals surface area contributed by atoms with Crippen LogP contribution in [0.1, 0.15) is 13.3 Å². The summed E-state index contributed by atoms with van der Waals surface area (Å²) in [5.74, 6) is 4.84. The van der Waals surface area contributed by atoms with E-state index in [1.807, 2.05) is 19.1 Å². The van der Waals surface area contributed by atoms with Crippen LogP contribution < -0.4 is 20.3 Å². The molecular weight excluding hydrogens is 288 g/mol. The molecule has 0 spiro atoms. The summed E-state index contributed by atoms with van der Waals surface area (Å²) >= 11 is 0. The number of aliphatic imine (C=N–C) groups is 1. The lowest BCUT2D eigenvalue weighted by Gasteiger charge is -2.21. The third-order valence-electron chi connectivity index (χ3n) is 3.92. The minimum atomic E-state index is 0.490. The fourth-order valence-corrected chi connectivity index (χ4v) is 2.79. The molecule has 0 aliphatic carbocycles. The molecule has 5 heteroatoms. The minimum absolute atomic E-state index is 0.490. The molecule has 1 aromatic carbocycles. The number of terminal acetylenes is 1. The van der Waals surface area contributed by atoms with Crippen LogP contribution in [0.25, 0.3) is 0 Å². The Bertz CT molecular complexity index is 564. The standard InChI is InChI=1S/C18H26N4O/c1-4-11-20-18(19-5-2)21-13-15-10-12-22(14-15)16-8-6-7-9-17(16)23-3/h1,6-9,15H,5,10-14H2,2-3H3,(H2,19,20,21). The Hall–Kier alpha value is -2.35. The van der Waals surface area contributed by atoms with Gasteiger partial charge in [0.1, 0.15) is 5.75 Å². The average molecular weight is 314 g/mol. The maximum Gasteiger partial charge on any atom is 0.192 e. The van der Waals surface area contributed by atoms with Gasteiger partial charge in [-0.25, -0.2) is 0 Å². The summed E-state index contributed by atoms with van der Waals surface area (Å²) in [6.45, 7) is 6.20. The fraction of sp³-hybridized carbons (Fsp3) is 0.500. The highest BCUT2D eigenvalue weighted by molar-refractivity contribution is 5.80. The number of hydrogen-bond acceptors (Lipinski definition) is 3. The second kappa shape index (κ2) is 8.94. The molecule has 0 aromatic heterocycles. The van der Waals surface area contributed by atoms with E-state index in [1.165, 1.54) is 5.69 Å². The van der Waals surface area contributed by atoms with Crippen molar-refractivity contribution in [2.75, 3.05) is 44.7 Å². The van der Waals surface area contributed by atoms with Gasteiger partial charge in [0.2, 0.25) is 0 Å². The van der Waals surface area contributed by atoms with Crippen molar-refractivity contribution < 1.29 is 4.74 Å². The molecule has 1 saturated heterocycles. The first-order chi connectivity index (χ1) is 11.3. The molecule has 0 bridgehead atoms. The van der Waals surface area contributed by atoms with E-state index >= 15 is 0 Å². The number of guanidine groups is 1. The zero-order valence-corrected chi connectivity index (χ0v) is 14.0. The van der Waals surface area contributed by atoms with E-state index in [0.717, 1.165) is 44.3 Å². The number of benzene rings is 1. The summed E-state index contributed by atoms with van der Waals surface area (Å²) in [5, 5.41) is 6.34. The first-order valence-electron chi connectivity index (χ1n) is 8.12. The summed E-state index contributed by atoms with van der Waals surface area (Å²) in [6.07, 6.45) is 6.42. The van der Waals surface area contributed by atoms with Crippen molar-refractivity contribution in [2.24, 2.45) is 10.9 Å². The molecule has 0 saturated carbocycles. The van der Waals surface area contributed by atoms with Crippen molar-refractivity contribution in [1.29, 1.82) is 0 Å². The van der Waals surface area contributed by atoms with E-state index in [0.29, 0.717) is 12.5 Å². The molecule has 1 fully saturated rings. The van der Waals surface area contributed by atoms with E-state index < -0.39 is 0 Å². The molecule has 5 nitrogen and oxygen atoms in total. The third kappa shape index (κ3) is 4.82. The number of methoxy groups -OCH3 is 1. The Labute approximate surface area is 139 Å². The predicted octanol–water partition coefficient (Wildman–Crippen LogP) is 1.71. The van der Waals surface area contributed by atoms with Crippen LogP contribution in [0.2, 0.25) is 0 Å². The maximum absolute atomic E-state index is 5.46. The van der Waals surface area contributed by atoms with Gasteiger partial charge in [-0.15, -0.1) is 6.42 Å². The van der Waals surface area contributed by atoms with Gasteiger partial charge in [-0.05, 0) is 31.4 Å². The number of ether oxygens (including phenoxy) is 1. The number of anilines is 1. The quantitative estimate of drug-likeness (QED) is 0.477. The van der Waals surface area contributed by atoms with Crippen molar-refractivity contribution >= 4 is 11.6 Å². The van der Waals surface area contributed by atoms with Crippen molar-refractivity contribution in [2.45, 2.75) is 13.3 Å². The van der Waals surface area contributed by atoms with Gasteiger partial charge in [0.15, 0.2) is 5.96 Å². The van der Waals surface area contributed by atoms with Gasteiger partial charge in [0, 0.05) is 26.2 Å². The molecule has 1 heterocycles. The number of nitrogens with one attached hydrogen (secondary N) is 2. The van der Waals surface area contributed by atoms with Crippen molar-refractivity contribution in [3.8, 4) is 18.1 Å². The highest BCUT2D eigenvalue weighted by atomic mass is 16.5. The minimum Gasteiger partial charge on any atom is -0.495 e. The topological polar surface area (TPSA) is 48.9 Å². The maximum atomic E-state index is 5.46. The van der Waals surface area contributed by atoms with E-state index in [-0.39, 0.29) is 0 Å². The monoisotopic (exact) mass is 314 g/mol. The summed E-state index contributed by atoms with van der Waals surface area (Å²) in [4.78, 5) is 7.02. The predicted molar refractivity (Wildman–Crippen MR) is 96.1 cm³/mol. The Balaban J connectivity index is 1.93. The van der Waals surface area contributed by atoms with Gasteiger partial charge in [-0.1, -0.05) is 18.1 Å². The Morgan fingerprint density at radius 1 is 1.43 bits per heavy atom. The van der Waals surface area contributed by atoms with Crippen LogP contribution in [0.5, 0.6) is 5.75 Å². The van der Waals surface area contributed by atoms with Gasteiger partial charge in [-0.2, -0.15) is 0 Å². The van der Waals surface area contributed by atoms with E-state index in [2.05, 4.69) is 38.6 Å². The zero-order valence-electron chi connectivity index (χ0n) is 14.0. The SMILES string of the molecule is C#CCNC(=NCC1CCN(c2ccccc2OC)C1)NCC. The fourth-order valence-electron chi connectivity index (χ4n) is 2.79. The lowest BCUT2D eigenvalue weighted by atomic mass is 10.1. The smallest absolute Gasteiger partial charge is 0.192 e. The van der Waals surface area contributed by atoms with Crippen LogP contribution >= 0.6 is 0 Å². The van der Waals surface area contributed by atoms with Crippen LogP contribution in [-0.2, 0) is 0 Å². The average Bonchev–Trinajstić information content (AvgIpc) is 3.06. The lowest BCUT2D eigenvalue weighted by molar-refractivity contribution is 0.414. The van der Waals surface area contributed by atoms with E-state index in [1.54, 1.807) is 7.11 Å². The van der Waals surface area contributed by atoms with Gasteiger partial charge >= 0.3 is 0 Å². The van der Waals surface area contributed by atoms with Crippen LogP contribution in [0.4, 0.5) is 5.69 Å². The Morgan fingerprint density at radius 3 is 3.00 bits per heavy atom. The molecule has 23 heavy (non-hydrogen) atoms. The van der Waals surface area contributed by atoms with Gasteiger partial charge in [0.25, 0.3) is 0 Å². The molecule has 2 rings (SSSR count). The molecule has 1 unspecified atom stereocenters.